The van der Waals surface area contributed by atoms with E-state index < -0.39 is 0 Å². The summed E-state index contributed by atoms with van der Waals surface area (Å²) in [6.07, 6.45) is 9.06. The SMILES string of the molecule is Nc1nc2ccc(CNc3cncc(Cl)n3)cc2s1.OC1CCCCC1. The van der Waals surface area contributed by atoms with Gasteiger partial charge in [-0.05, 0) is 30.5 Å². The van der Waals surface area contributed by atoms with Gasteiger partial charge in [0.2, 0.25) is 0 Å². The Morgan fingerprint density at radius 2 is 2.00 bits per heavy atom. The van der Waals surface area contributed by atoms with E-state index in [4.69, 9.17) is 22.4 Å². The number of aliphatic hydroxyl groups excluding tert-OH is 1. The Balaban J connectivity index is 0.000000236. The number of nitrogens with zero attached hydrogens (tertiary/aromatic N) is 3. The van der Waals surface area contributed by atoms with Gasteiger partial charge in [-0.25, -0.2) is 9.97 Å². The van der Waals surface area contributed by atoms with Gasteiger partial charge in [-0.2, -0.15) is 0 Å². The van der Waals surface area contributed by atoms with Crippen molar-refractivity contribution in [3.63, 3.8) is 0 Å². The third kappa shape index (κ3) is 5.52. The van der Waals surface area contributed by atoms with E-state index in [0.717, 1.165) is 28.6 Å². The predicted molar refractivity (Wildman–Crippen MR) is 107 cm³/mol. The average Bonchev–Trinajstić information content (AvgIpc) is 3.00. The Labute approximate surface area is 161 Å². The Kier molecular flexibility index (Phi) is 6.60. The molecule has 0 atom stereocenters. The highest BCUT2D eigenvalue weighted by atomic mass is 35.5. The van der Waals surface area contributed by atoms with Crippen molar-refractivity contribution < 1.29 is 5.11 Å². The molecule has 2 aromatic heterocycles. The van der Waals surface area contributed by atoms with Gasteiger partial charge in [-0.1, -0.05) is 48.3 Å². The van der Waals surface area contributed by atoms with Crippen LogP contribution in [0.4, 0.5) is 10.9 Å². The summed E-state index contributed by atoms with van der Waals surface area (Å²) in [5, 5.41) is 13.0. The molecule has 1 aliphatic rings. The van der Waals surface area contributed by atoms with Crippen LogP contribution in [0.25, 0.3) is 10.2 Å². The number of nitrogen functional groups attached to an aromatic ring is 1. The molecular formula is C18H22ClN5OS. The minimum absolute atomic E-state index is 0.0359. The van der Waals surface area contributed by atoms with Crippen molar-refractivity contribution in [2.45, 2.75) is 44.8 Å². The summed E-state index contributed by atoms with van der Waals surface area (Å²) in [7, 11) is 0. The number of aliphatic hydroxyl groups is 1. The van der Waals surface area contributed by atoms with Crippen LogP contribution in [0, 0.1) is 0 Å². The number of nitrogens with one attached hydrogen (secondary N) is 1. The Bertz CT molecular complexity index is 850. The van der Waals surface area contributed by atoms with Crippen LogP contribution in [0.3, 0.4) is 0 Å². The molecule has 0 bridgehead atoms. The van der Waals surface area contributed by atoms with Gasteiger partial charge in [-0.3, -0.25) is 4.98 Å². The van der Waals surface area contributed by atoms with Crippen LogP contribution in [0.1, 0.15) is 37.7 Å². The lowest BCUT2D eigenvalue weighted by Crippen LogP contribution is -2.09. The van der Waals surface area contributed by atoms with Crippen molar-refractivity contribution in [2.75, 3.05) is 11.1 Å². The number of fused-ring (bicyclic) bond motifs is 1. The number of benzene rings is 1. The minimum atomic E-state index is 0.0359. The standard InChI is InChI=1S/C12H10ClN5S.C6H12O/c13-10-5-15-6-11(18-10)16-4-7-1-2-8-9(3-7)19-12(14)17-8;7-6-4-2-1-3-5-6/h1-3,5-6H,4H2,(H2,14,17)(H,16,18);6-7H,1-5H2. The number of nitrogens with two attached hydrogens (primary N) is 1. The summed E-state index contributed by atoms with van der Waals surface area (Å²) in [5.74, 6) is 0.649. The molecule has 1 saturated carbocycles. The van der Waals surface area contributed by atoms with Gasteiger partial charge in [0.1, 0.15) is 11.0 Å². The largest absolute Gasteiger partial charge is 0.393 e. The minimum Gasteiger partial charge on any atom is -0.393 e. The number of aromatic nitrogens is 3. The molecule has 0 amide bonds. The monoisotopic (exact) mass is 391 g/mol. The molecule has 4 N–H and O–H groups in total. The van der Waals surface area contributed by atoms with E-state index in [2.05, 4.69) is 26.3 Å². The number of hydrogen-bond acceptors (Lipinski definition) is 7. The summed E-state index contributed by atoms with van der Waals surface area (Å²) in [5.41, 5.74) is 7.73. The average molecular weight is 392 g/mol. The number of rotatable bonds is 3. The lowest BCUT2D eigenvalue weighted by molar-refractivity contribution is 0.130. The van der Waals surface area contributed by atoms with Gasteiger partial charge in [0, 0.05) is 6.54 Å². The second-order valence-electron chi connectivity index (χ2n) is 6.23. The van der Waals surface area contributed by atoms with Gasteiger partial charge in [0.25, 0.3) is 0 Å². The lowest BCUT2D eigenvalue weighted by Gasteiger charge is -2.14. The smallest absolute Gasteiger partial charge is 0.181 e. The Hall–Kier alpha value is -1.96. The topological polar surface area (TPSA) is 97.0 Å². The Morgan fingerprint density at radius 1 is 1.19 bits per heavy atom. The molecule has 1 fully saturated rings. The summed E-state index contributed by atoms with van der Waals surface area (Å²) >= 11 is 7.25. The molecule has 1 aromatic carbocycles. The first-order valence-corrected chi connectivity index (χ1v) is 9.84. The first-order chi connectivity index (χ1) is 12.6. The molecule has 4 rings (SSSR count). The van der Waals surface area contributed by atoms with Crippen LogP contribution >= 0.6 is 22.9 Å². The second-order valence-corrected chi connectivity index (χ2v) is 7.68. The van der Waals surface area contributed by atoms with Gasteiger partial charge in [0.15, 0.2) is 5.13 Å². The Morgan fingerprint density at radius 3 is 2.69 bits per heavy atom. The molecule has 0 saturated heterocycles. The van der Waals surface area contributed by atoms with Crippen LogP contribution in [0.5, 0.6) is 0 Å². The quantitative estimate of drug-likeness (QED) is 0.617. The molecule has 8 heteroatoms. The highest BCUT2D eigenvalue weighted by molar-refractivity contribution is 7.22. The first kappa shape index (κ1) is 18.8. The highest BCUT2D eigenvalue weighted by Gasteiger charge is 2.07. The third-order valence-electron chi connectivity index (χ3n) is 4.12. The number of hydrogen-bond donors (Lipinski definition) is 3. The van der Waals surface area contributed by atoms with E-state index in [1.165, 1.54) is 36.8 Å². The summed E-state index contributed by atoms with van der Waals surface area (Å²) in [6.45, 7) is 0.642. The molecule has 1 aliphatic carbocycles. The van der Waals surface area contributed by atoms with Crippen LogP contribution in [-0.4, -0.2) is 26.2 Å². The van der Waals surface area contributed by atoms with Crippen molar-refractivity contribution in [1.82, 2.24) is 15.0 Å². The van der Waals surface area contributed by atoms with E-state index in [9.17, 15) is 0 Å². The second kappa shape index (κ2) is 9.12. The van der Waals surface area contributed by atoms with E-state index in [1.54, 1.807) is 6.20 Å². The number of anilines is 2. The maximum atomic E-state index is 8.91. The molecular weight excluding hydrogens is 370 g/mol. The zero-order chi connectivity index (χ0) is 18.4. The van der Waals surface area contributed by atoms with Crippen LogP contribution < -0.4 is 11.1 Å². The molecule has 26 heavy (non-hydrogen) atoms. The van der Waals surface area contributed by atoms with Crippen molar-refractivity contribution in [3.05, 3.63) is 41.3 Å². The van der Waals surface area contributed by atoms with E-state index in [0.29, 0.717) is 22.6 Å². The molecule has 0 radical (unpaired) electrons. The molecule has 0 aliphatic heterocycles. The van der Waals surface area contributed by atoms with Crippen molar-refractivity contribution in [1.29, 1.82) is 0 Å². The van der Waals surface area contributed by atoms with Gasteiger partial charge < -0.3 is 16.2 Å². The van der Waals surface area contributed by atoms with Crippen molar-refractivity contribution in [2.24, 2.45) is 0 Å². The molecule has 138 valence electrons. The zero-order valence-corrected chi connectivity index (χ0v) is 15.9. The maximum Gasteiger partial charge on any atom is 0.181 e. The van der Waals surface area contributed by atoms with Crippen molar-refractivity contribution >= 4 is 44.1 Å². The van der Waals surface area contributed by atoms with E-state index >= 15 is 0 Å². The fraction of sp³-hybridized carbons (Fsp3) is 0.389. The maximum absolute atomic E-state index is 8.91. The van der Waals surface area contributed by atoms with Gasteiger partial charge in [-0.15, -0.1) is 0 Å². The van der Waals surface area contributed by atoms with Crippen LogP contribution in [0.15, 0.2) is 30.6 Å². The molecule has 2 heterocycles. The number of thiazole rings is 1. The van der Waals surface area contributed by atoms with Gasteiger partial charge in [0.05, 0.1) is 28.7 Å². The molecule has 3 aromatic rings. The van der Waals surface area contributed by atoms with Crippen LogP contribution in [0.2, 0.25) is 5.15 Å². The fourth-order valence-electron chi connectivity index (χ4n) is 2.80. The lowest BCUT2D eigenvalue weighted by atomic mass is 9.98. The third-order valence-corrected chi connectivity index (χ3v) is 5.15. The van der Waals surface area contributed by atoms with E-state index in [-0.39, 0.29) is 6.10 Å². The van der Waals surface area contributed by atoms with Crippen molar-refractivity contribution in [3.8, 4) is 0 Å². The molecule has 0 spiro atoms. The van der Waals surface area contributed by atoms with Gasteiger partial charge >= 0.3 is 0 Å². The predicted octanol–water partition coefficient (Wildman–Crippen LogP) is 4.25. The van der Waals surface area contributed by atoms with E-state index in [1.807, 2.05) is 12.1 Å². The summed E-state index contributed by atoms with van der Waals surface area (Å²) < 4.78 is 1.08. The number of halogens is 1. The normalized spacial score (nSPS) is 14.7. The summed E-state index contributed by atoms with van der Waals surface area (Å²) in [4.78, 5) is 12.3. The first-order valence-electron chi connectivity index (χ1n) is 8.64. The molecule has 0 unspecified atom stereocenters. The highest BCUT2D eigenvalue weighted by Crippen LogP contribution is 2.24. The van der Waals surface area contributed by atoms with Crippen LogP contribution in [-0.2, 0) is 6.54 Å². The fourth-order valence-corrected chi connectivity index (χ4v) is 3.74. The summed E-state index contributed by atoms with van der Waals surface area (Å²) in [6, 6.07) is 6.03. The zero-order valence-electron chi connectivity index (χ0n) is 14.4. The molecule has 6 nitrogen and oxygen atoms in total.